The Balaban J connectivity index is 1.40. The number of halogens is 2. The van der Waals surface area contributed by atoms with E-state index in [0.29, 0.717) is 5.78 Å². The first-order valence-corrected chi connectivity index (χ1v) is 12.7. The number of piperazine rings is 1. The van der Waals surface area contributed by atoms with Crippen LogP contribution in [-0.2, 0) is 6.54 Å². The van der Waals surface area contributed by atoms with Crippen LogP contribution in [0.2, 0.25) is 0 Å². The van der Waals surface area contributed by atoms with E-state index in [0.717, 1.165) is 47.6 Å². The molecule has 3 aromatic heterocycles. The Morgan fingerprint density at radius 1 is 0.892 bits per heavy atom. The van der Waals surface area contributed by atoms with E-state index < -0.39 is 0 Å². The van der Waals surface area contributed by atoms with Gasteiger partial charge in [0.25, 0.3) is 5.78 Å². The number of hydrogen-bond donors (Lipinski definition) is 0. The zero-order valence-corrected chi connectivity index (χ0v) is 21.1. The number of anilines is 1. The average molecular weight is 502 g/mol. The molecule has 0 N–H and O–H groups in total. The summed E-state index contributed by atoms with van der Waals surface area (Å²) in [5.74, 6) is 0.937. The van der Waals surface area contributed by atoms with Crippen LogP contribution in [0.1, 0.15) is 37.9 Å². The third kappa shape index (κ3) is 4.03. The predicted molar refractivity (Wildman–Crippen MR) is 140 cm³/mol. The van der Waals surface area contributed by atoms with Gasteiger partial charge in [-0.25, -0.2) is 8.78 Å². The topological polar surface area (TPSA) is 54.5 Å². The molecule has 0 bridgehead atoms. The van der Waals surface area contributed by atoms with Gasteiger partial charge in [0, 0.05) is 37.9 Å². The van der Waals surface area contributed by atoms with Gasteiger partial charge in [-0.2, -0.15) is 4.98 Å². The predicted octanol–water partition coefficient (Wildman–Crippen LogP) is 5.07. The first-order valence-electron chi connectivity index (χ1n) is 12.7. The molecule has 7 nitrogen and oxygen atoms in total. The minimum Gasteiger partial charge on any atom is -0.349 e. The van der Waals surface area contributed by atoms with Gasteiger partial charge in [-0.05, 0) is 62.2 Å². The maximum atomic E-state index is 13.8. The molecule has 0 radical (unpaired) electrons. The zero-order valence-electron chi connectivity index (χ0n) is 21.1. The van der Waals surface area contributed by atoms with Gasteiger partial charge in [-0.1, -0.05) is 24.3 Å². The number of benzene rings is 2. The van der Waals surface area contributed by atoms with Crippen LogP contribution in [0, 0.1) is 11.6 Å². The van der Waals surface area contributed by atoms with Gasteiger partial charge >= 0.3 is 0 Å². The summed E-state index contributed by atoms with van der Waals surface area (Å²) in [6.45, 7) is 8.83. The summed E-state index contributed by atoms with van der Waals surface area (Å²) in [5, 5.41) is 8.32. The Morgan fingerprint density at radius 3 is 2.16 bits per heavy atom. The minimum absolute atomic E-state index is 0.126. The van der Waals surface area contributed by atoms with Crippen LogP contribution >= 0.6 is 0 Å². The van der Waals surface area contributed by atoms with Gasteiger partial charge in [-0.15, -0.1) is 10.2 Å². The lowest BCUT2D eigenvalue weighted by Gasteiger charge is -2.48. The van der Waals surface area contributed by atoms with Crippen molar-refractivity contribution >= 4 is 22.6 Å². The third-order valence-electron chi connectivity index (χ3n) is 7.50. The lowest BCUT2D eigenvalue weighted by molar-refractivity contribution is 0.129. The Hall–Kier alpha value is -3.85. The molecule has 5 aromatic rings. The number of aromatic nitrogens is 5. The Morgan fingerprint density at radius 2 is 1.54 bits per heavy atom. The van der Waals surface area contributed by atoms with E-state index in [9.17, 15) is 8.78 Å². The summed E-state index contributed by atoms with van der Waals surface area (Å²) in [6.07, 6.45) is 3.78. The molecule has 0 amide bonds. The van der Waals surface area contributed by atoms with Crippen LogP contribution in [0.15, 0.2) is 67.1 Å². The molecule has 1 aliphatic rings. The van der Waals surface area contributed by atoms with Crippen molar-refractivity contribution in [1.82, 2.24) is 29.0 Å². The van der Waals surface area contributed by atoms with Crippen molar-refractivity contribution in [3.05, 3.63) is 89.9 Å². The fourth-order valence-electron chi connectivity index (χ4n) is 5.66. The maximum absolute atomic E-state index is 13.8. The second-order valence-corrected chi connectivity index (χ2v) is 9.82. The van der Waals surface area contributed by atoms with Crippen molar-refractivity contribution in [2.75, 3.05) is 18.0 Å². The lowest BCUT2D eigenvalue weighted by Crippen LogP contribution is -2.57. The van der Waals surface area contributed by atoms with E-state index in [2.05, 4.69) is 57.6 Å². The van der Waals surface area contributed by atoms with Crippen molar-refractivity contribution in [2.45, 2.75) is 45.4 Å². The molecule has 1 fully saturated rings. The fraction of sp³-hybridized carbons (Fsp3) is 0.321. The molecule has 0 spiro atoms. The van der Waals surface area contributed by atoms with Crippen molar-refractivity contribution in [2.24, 2.45) is 0 Å². The fourth-order valence-corrected chi connectivity index (χ4v) is 5.66. The zero-order chi connectivity index (χ0) is 25.7. The van der Waals surface area contributed by atoms with E-state index in [1.165, 1.54) is 24.3 Å². The van der Waals surface area contributed by atoms with Gasteiger partial charge in [0.1, 0.15) is 23.5 Å². The van der Waals surface area contributed by atoms with E-state index >= 15 is 0 Å². The van der Waals surface area contributed by atoms with Gasteiger partial charge in [0.2, 0.25) is 0 Å². The molecule has 1 aliphatic heterocycles. The molecular formula is C28H29F2N7. The monoisotopic (exact) mass is 501 g/mol. The van der Waals surface area contributed by atoms with E-state index in [4.69, 9.17) is 4.98 Å². The van der Waals surface area contributed by atoms with Crippen molar-refractivity contribution in [3.63, 3.8) is 0 Å². The first kappa shape index (κ1) is 23.5. The highest BCUT2D eigenvalue weighted by molar-refractivity contribution is 5.89. The molecule has 6 rings (SSSR count). The summed E-state index contributed by atoms with van der Waals surface area (Å²) in [7, 11) is 0. The van der Waals surface area contributed by atoms with Gasteiger partial charge < -0.3 is 9.47 Å². The molecule has 4 heterocycles. The molecule has 1 saturated heterocycles. The number of nitrogens with zero attached hydrogens (tertiary/aromatic N) is 7. The third-order valence-corrected chi connectivity index (χ3v) is 7.50. The van der Waals surface area contributed by atoms with Gasteiger partial charge in [0.05, 0.1) is 11.6 Å². The molecule has 0 saturated carbocycles. The van der Waals surface area contributed by atoms with Crippen LogP contribution in [0.25, 0.3) is 16.8 Å². The summed E-state index contributed by atoms with van der Waals surface area (Å²) < 4.78 is 31.7. The number of aryl methyl sites for hydroxylation is 1. The maximum Gasteiger partial charge on any atom is 0.257 e. The summed E-state index contributed by atoms with van der Waals surface area (Å²) >= 11 is 0. The number of fused-ring (bicyclic) bond motifs is 3. The summed E-state index contributed by atoms with van der Waals surface area (Å²) in [4.78, 5) is 9.73. The Bertz CT molecular complexity index is 1500. The van der Waals surface area contributed by atoms with Crippen LogP contribution in [-0.4, -0.2) is 54.2 Å². The van der Waals surface area contributed by atoms with Gasteiger partial charge in [-0.3, -0.25) is 9.30 Å². The molecule has 2 atom stereocenters. The van der Waals surface area contributed by atoms with E-state index in [1.54, 1.807) is 6.33 Å². The smallest absolute Gasteiger partial charge is 0.257 e. The molecular weight excluding hydrogens is 472 g/mol. The Labute approximate surface area is 214 Å². The van der Waals surface area contributed by atoms with Crippen molar-refractivity contribution in [3.8, 4) is 0 Å². The molecule has 37 heavy (non-hydrogen) atoms. The van der Waals surface area contributed by atoms with Crippen LogP contribution in [0.4, 0.5) is 14.6 Å². The molecule has 9 heteroatoms. The van der Waals surface area contributed by atoms with Crippen LogP contribution in [0.5, 0.6) is 0 Å². The molecule has 2 aromatic carbocycles. The Kier molecular flexibility index (Phi) is 5.87. The SMILES string of the molecule is CCn1ccc2c1c(N1C[C@@H](C)N(C(c3ccc(F)cc3)c3ccc(F)cc3)C[C@@H]1C)nc1nncn12. The normalized spacial score (nSPS) is 18.9. The first-order chi connectivity index (χ1) is 17.9. The van der Waals surface area contributed by atoms with E-state index in [-0.39, 0.29) is 29.8 Å². The van der Waals surface area contributed by atoms with E-state index in [1.807, 2.05) is 28.7 Å². The standard InChI is InChI=1S/C28H29F2N7/c1-4-34-14-13-24-26(34)27(32-28-33-31-17-37(24)28)36-16-18(2)35(15-19(36)3)25(20-5-9-22(29)10-6-20)21-7-11-23(30)12-8-21/h5-14,17-19,25H,4,15-16H2,1-3H3/t18-,19+/m1/s1. The highest BCUT2D eigenvalue weighted by Gasteiger charge is 2.36. The van der Waals surface area contributed by atoms with Crippen molar-refractivity contribution < 1.29 is 8.78 Å². The number of hydrogen-bond acceptors (Lipinski definition) is 5. The highest BCUT2D eigenvalue weighted by atomic mass is 19.1. The molecule has 0 aliphatic carbocycles. The molecule has 190 valence electrons. The largest absolute Gasteiger partial charge is 0.349 e. The molecule has 0 unspecified atom stereocenters. The summed E-state index contributed by atoms with van der Waals surface area (Å²) in [6, 6.07) is 15.5. The second kappa shape index (κ2) is 9.23. The minimum atomic E-state index is -0.272. The van der Waals surface area contributed by atoms with Crippen molar-refractivity contribution in [1.29, 1.82) is 0 Å². The quantitative estimate of drug-likeness (QED) is 0.337. The average Bonchev–Trinajstić information content (AvgIpc) is 3.54. The van der Waals surface area contributed by atoms with Crippen LogP contribution < -0.4 is 4.90 Å². The number of rotatable bonds is 5. The second-order valence-electron chi connectivity index (χ2n) is 9.82. The summed E-state index contributed by atoms with van der Waals surface area (Å²) in [5.41, 5.74) is 4.05. The van der Waals surface area contributed by atoms with Gasteiger partial charge in [0.15, 0.2) is 5.82 Å². The lowest BCUT2D eigenvalue weighted by atomic mass is 9.93. The highest BCUT2D eigenvalue weighted by Crippen LogP contribution is 2.36. The van der Waals surface area contributed by atoms with Crippen LogP contribution in [0.3, 0.4) is 0 Å².